The lowest BCUT2D eigenvalue weighted by Gasteiger charge is -2.51. The highest BCUT2D eigenvalue weighted by atomic mass is 32.1. The Balaban J connectivity index is 1.30. The maximum Gasteiger partial charge on any atom is 0.311 e. The van der Waals surface area contributed by atoms with Crippen LogP contribution in [0.1, 0.15) is 66.0 Å². The highest BCUT2D eigenvalue weighted by Gasteiger charge is 2.53. The van der Waals surface area contributed by atoms with Crippen molar-refractivity contribution in [1.29, 1.82) is 0 Å². The number of ether oxygens (including phenoxy) is 1. The molecule has 2 bridgehead atoms. The number of hydrogen-bond donors (Lipinski definition) is 2. The van der Waals surface area contributed by atoms with E-state index in [4.69, 9.17) is 4.74 Å². The number of carbonyl (C=O) groups is 2. The molecule has 3 saturated carbocycles. The van der Waals surface area contributed by atoms with Crippen LogP contribution in [-0.2, 0) is 22.4 Å². The number of aromatic nitrogens is 2. The number of carbonyl (C=O) groups excluding carboxylic acids is 2. The van der Waals surface area contributed by atoms with Crippen molar-refractivity contribution >= 4 is 33.4 Å². The first-order chi connectivity index (χ1) is 14.0. The molecular weight excluding hydrogens is 390 g/mol. The monoisotopic (exact) mass is 415 g/mol. The molecule has 8 heteroatoms. The minimum Gasteiger partial charge on any atom is -0.469 e. The fraction of sp³-hybridized carbons (Fsp3) is 0.619. The summed E-state index contributed by atoms with van der Waals surface area (Å²) in [7, 11) is 1.46. The smallest absolute Gasteiger partial charge is 0.311 e. The SMILES string of the molecule is COC(=O)C12CCC(CNC(=O)c3nc4sc5c(c4c(=O)[nH]3)CCC5)(CC1)CC2. The van der Waals surface area contributed by atoms with Crippen molar-refractivity contribution in [2.75, 3.05) is 13.7 Å². The summed E-state index contributed by atoms with van der Waals surface area (Å²) in [6.45, 7) is 0.547. The summed E-state index contributed by atoms with van der Waals surface area (Å²) < 4.78 is 5.02. The number of aromatic amines is 1. The number of rotatable bonds is 4. The van der Waals surface area contributed by atoms with Gasteiger partial charge in [-0.3, -0.25) is 14.4 Å². The van der Waals surface area contributed by atoms with Crippen LogP contribution in [0.3, 0.4) is 0 Å². The van der Waals surface area contributed by atoms with Crippen LogP contribution in [0, 0.1) is 10.8 Å². The standard InChI is InChI=1S/C21H25N3O4S/c1-28-19(27)21-8-5-20(6-9-21,7-10-21)11-22-17(26)15-23-16(25)14-12-3-2-4-13(12)29-18(14)24-15/h2-11H2,1H3,(H,22,26)(H,23,24,25). The summed E-state index contributed by atoms with van der Waals surface area (Å²) >= 11 is 1.54. The first-order valence-corrected chi connectivity index (χ1v) is 11.2. The van der Waals surface area contributed by atoms with Gasteiger partial charge in [0.1, 0.15) is 4.83 Å². The summed E-state index contributed by atoms with van der Waals surface area (Å²) in [5.41, 5.74) is 0.608. The molecule has 2 N–H and O–H groups in total. The molecule has 29 heavy (non-hydrogen) atoms. The predicted octanol–water partition coefficient (Wildman–Crippen LogP) is 2.72. The summed E-state index contributed by atoms with van der Waals surface area (Å²) in [6.07, 6.45) is 8.16. The van der Waals surface area contributed by atoms with E-state index in [0.29, 0.717) is 16.8 Å². The largest absolute Gasteiger partial charge is 0.469 e. The normalized spacial score (nSPS) is 27.8. The zero-order valence-electron chi connectivity index (χ0n) is 16.6. The van der Waals surface area contributed by atoms with E-state index in [0.717, 1.165) is 63.4 Å². The number of nitrogens with one attached hydrogen (secondary N) is 2. The van der Waals surface area contributed by atoms with Crippen molar-refractivity contribution in [2.45, 2.75) is 57.8 Å². The summed E-state index contributed by atoms with van der Waals surface area (Å²) in [5, 5.41) is 3.66. The van der Waals surface area contributed by atoms with Gasteiger partial charge < -0.3 is 15.0 Å². The molecule has 2 aromatic heterocycles. The Hall–Kier alpha value is -2.22. The highest BCUT2D eigenvalue weighted by molar-refractivity contribution is 7.18. The van der Waals surface area contributed by atoms with Crippen LogP contribution >= 0.6 is 11.3 Å². The lowest BCUT2D eigenvalue weighted by molar-refractivity contribution is -0.162. The van der Waals surface area contributed by atoms with E-state index < -0.39 is 0 Å². The van der Waals surface area contributed by atoms with Gasteiger partial charge in [-0.1, -0.05) is 0 Å². The van der Waals surface area contributed by atoms with Crippen LogP contribution in [0.5, 0.6) is 0 Å². The van der Waals surface area contributed by atoms with Gasteiger partial charge in [-0.05, 0) is 68.8 Å². The van der Waals surface area contributed by atoms with E-state index in [1.165, 1.54) is 23.3 Å². The van der Waals surface area contributed by atoms with E-state index in [2.05, 4.69) is 15.3 Å². The second-order valence-corrected chi connectivity index (χ2v) is 9.99. The number of H-pyrrole nitrogens is 1. The molecule has 2 heterocycles. The van der Waals surface area contributed by atoms with Gasteiger partial charge in [0.15, 0.2) is 0 Å². The van der Waals surface area contributed by atoms with Crippen molar-refractivity contribution in [3.05, 3.63) is 26.6 Å². The third-order valence-corrected chi connectivity index (χ3v) is 8.62. The van der Waals surface area contributed by atoms with Gasteiger partial charge in [0, 0.05) is 11.4 Å². The number of amides is 1. The zero-order valence-corrected chi connectivity index (χ0v) is 17.4. The minimum atomic E-state index is -0.331. The highest BCUT2D eigenvalue weighted by Crippen LogP contribution is 2.57. The molecule has 6 rings (SSSR count). The third kappa shape index (κ3) is 2.91. The molecule has 2 aromatic rings. The van der Waals surface area contributed by atoms with Gasteiger partial charge in [0.2, 0.25) is 5.82 Å². The van der Waals surface area contributed by atoms with Gasteiger partial charge in [-0.2, -0.15) is 0 Å². The molecule has 0 saturated heterocycles. The summed E-state index contributed by atoms with van der Waals surface area (Å²) in [4.78, 5) is 46.5. The second kappa shape index (κ2) is 6.65. The van der Waals surface area contributed by atoms with Crippen LogP contribution < -0.4 is 10.9 Å². The summed E-state index contributed by atoms with van der Waals surface area (Å²) in [5.74, 6) is -0.329. The van der Waals surface area contributed by atoms with E-state index in [-0.39, 0.29) is 34.1 Å². The van der Waals surface area contributed by atoms with Crippen molar-refractivity contribution in [1.82, 2.24) is 15.3 Å². The second-order valence-electron chi connectivity index (χ2n) is 8.91. The van der Waals surface area contributed by atoms with Crippen molar-refractivity contribution in [2.24, 2.45) is 10.8 Å². The fourth-order valence-corrected chi connectivity index (χ4v) is 6.77. The van der Waals surface area contributed by atoms with Gasteiger partial charge in [0.05, 0.1) is 17.9 Å². The van der Waals surface area contributed by atoms with Crippen LogP contribution in [-0.4, -0.2) is 35.5 Å². The van der Waals surface area contributed by atoms with E-state index in [1.54, 1.807) is 0 Å². The Bertz CT molecular complexity index is 1050. The first kappa shape index (κ1) is 18.8. The zero-order chi connectivity index (χ0) is 20.2. The first-order valence-electron chi connectivity index (χ1n) is 10.4. The van der Waals surface area contributed by atoms with Gasteiger partial charge >= 0.3 is 5.97 Å². The molecule has 1 amide bonds. The van der Waals surface area contributed by atoms with E-state index in [1.807, 2.05) is 0 Å². The fourth-order valence-electron chi connectivity index (χ4n) is 5.51. The van der Waals surface area contributed by atoms with E-state index in [9.17, 15) is 14.4 Å². The molecule has 0 aliphatic heterocycles. The molecule has 4 aliphatic carbocycles. The Morgan fingerprint density at radius 3 is 2.59 bits per heavy atom. The molecule has 7 nitrogen and oxygen atoms in total. The number of fused-ring (bicyclic) bond motifs is 6. The van der Waals surface area contributed by atoms with Gasteiger partial charge in [-0.15, -0.1) is 11.3 Å². The predicted molar refractivity (Wildman–Crippen MR) is 109 cm³/mol. The van der Waals surface area contributed by atoms with Gasteiger partial charge in [-0.25, -0.2) is 4.98 Å². The number of esters is 1. The molecule has 0 aromatic carbocycles. The maximum absolute atomic E-state index is 12.7. The quantitative estimate of drug-likeness (QED) is 0.748. The van der Waals surface area contributed by atoms with Crippen molar-refractivity contribution in [3.63, 3.8) is 0 Å². The number of methoxy groups -OCH3 is 1. The topological polar surface area (TPSA) is 101 Å². The lowest BCUT2D eigenvalue weighted by Crippen LogP contribution is -2.50. The average molecular weight is 416 g/mol. The molecule has 0 atom stereocenters. The number of hydrogen-bond acceptors (Lipinski definition) is 6. The molecule has 0 radical (unpaired) electrons. The molecule has 4 aliphatic rings. The van der Waals surface area contributed by atoms with Crippen LogP contribution in [0.2, 0.25) is 0 Å². The molecule has 154 valence electrons. The van der Waals surface area contributed by atoms with Crippen LogP contribution in [0.15, 0.2) is 4.79 Å². The number of aryl methyl sites for hydroxylation is 2. The Kier molecular flexibility index (Phi) is 4.31. The maximum atomic E-state index is 12.7. The van der Waals surface area contributed by atoms with Crippen molar-refractivity contribution in [3.8, 4) is 0 Å². The Morgan fingerprint density at radius 1 is 1.17 bits per heavy atom. The molecule has 0 unspecified atom stereocenters. The lowest BCUT2D eigenvalue weighted by atomic mass is 9.53. The average Bonchev–Trinajstić information content (AvgIpc) is 3.33. The van der Waals surface area contributed by atoms with Gasteiger partial charge in [0.25, 0.3) is 11.5 Å². The van der Waals surface area contributed by atoms with Crippen LogP contribution in [0.4, 0.5) is 0 Å². The molecular formula is C21H25N3O4S. The molecule has 0 spiro atoms. The number of thiophene rings is 1. The Labute approximate surface area is 172 Å². The Morgan fingerprint density at radius 2 is 1.90 bits per heavy atom. The van der Waals surface area contributed by atoms with Crippen molar-refractivity contribution < 1.29 is 14.3 Å². The number of nitrogens with zero attached hydrogens (tertiary/aromatic N) is 1. The van der Waals surface area contributed by atoms with E-state index >= 15 is 0 Å². The summed E-state index contributed by atoms with van der Waals surface area (Å²) in [6, 6.07) is 0. The minimum absolute atomic E-state index is 0.0277. The molecule has 3 fully saturated rings. The van der Waals surface area contributed by atoms with Crippen LogP contribution in [0.25, 0.3) is 10.2 Å². The third-order valence-electron chi connectivity index (χ3n) is 7.43.